The van der Waals surface area contributed by atoms with Crippen molar-refractivity contribution in [2.24, 2.45) is 0 Å². The Morgan fingerprint density at radius 1 is 1.38 bits per heavy atom. The van der Waals surface area contributed by atoms with Crippen molar-refractivity contribution >= 4 is 5.91 Å². The molecule has 0 saturated heterocycles. The lowest BCUT2D eigenvalue weighted by atomic mass is 10.1. The lowest BCUT2D eigenvalue weighted by Gasteiger charge is -2.15. The highest BCUT2D eigenvalue weighted by atomic mass is 16.2. The number of aryl methyl sites for hydroxylation is 3. The maximum atomic E-state index is 12.2. The molecule has 0 radical (unpaired) electrons. The van der Waals surface area contributed by atoms with E-state index in [-0.39, 0.29) is 18.5 Å². The minimum Gasteiger partial charge on any atom is -0.348 e. The summed E-state index contributed by atoms with van der Waals surface area (Å²) in [4.78, 5) is 16.3. The Morgan fingerprint density at radius 3 is 2.62 bits per heavy atom. The molecule has 0 spiro atoms. The summed E-state index contributed by atoms with van der Waals surface area (Å²) in [7, 11) is 0. The molecule has 21 heavy (non-hydrogen) atoms. The molecule has 0 aliphatic rings. The summed E-state index contributed by atoms with van der Waals surface area (Å²) < 4.78 is 3.80. The summed E-state index contributed by atoms with van der Waals surface area (Å²) in [5.74, 6) is 0.815. The lowest BCUT2D eigenvalue weighted by molar-refractivity contribution is -0.122. The predicted molar refractivity (Wildman–Crippen MR) is 80.9 cm³/mol. The van der Waals surface area contributed by atoms with E-state index in [1.54, 1.807) is 6.20 Å². The molecule has 0 aliphatic heterocycles. The van der Waals surface area contributed by atoms with Crippen LogP contribution in [-0.4, -0.2) is 25.2 Å². The highest BCUT2D eigenvalue weighted by Crippen LogP contribution is 2.21. The van der Waals surface area contributed by atoms with Crippen LogP contribution in [0.1, 0.15) is 42.7 Å². The van der Waals surface area contributed by atoms with E-state index in [0.717, 1.165) is 29.3 Å². The summed E-state index contributed by atoms with van der Waals surface area (Å²) in [6, 6.07) is -0.0540. The Labute approximate surface area is 125 Å². The zero-order chi connectivity index (χ0) is 15.6. The molecule has 2 aromatic heterocycles. The van der Waals surface area contributed by atoms with E-state index in [2.05, 4.69) is 22.3 Å². The molecule has 1 amide bonds. The third kappa shape index (κ3) is 3.15. The lowest BCUT2D eigenvalue weighted by Crippen LogP contribution is -2.30. The van der Waals surface area contributed by atoms with Gasteiger partial charge in [-0.2, -0.15) is 5.10 Å². The molecule has 0 fully saturated rings. The van der Waals surface area contributed by atoms with Crippen molar-refractivity contribution in [1.29, 1.82) is 0 Å². The van der Waals surface area contributed by atoms with Crippen molar-refractivity contribution < 1.29 is 4.79 Å². The number of carbonyl (C=O) groups is 1. The van der Waals surface area contributed by atoms with Crippen LogP contribution in [0.3, 0.4) is 0 Å². The van der Waals surface area contributed by atoms with Gasteiger partial charge < -0.3 is 9.88 Å². The molecule has 0 saturated carbocycles. The smallest absolute Gasteiger partial charge is 0.240 e. The monoisotopic (exact) mass is 289 g/mol. The minimum absolute atomic E-state index is 0.0216. The molecule has 0 aromatic carbocycles. The molecular formula is C15H23N5O. The van der Waals surface area contributed by atoms with Crippen LogP contribution >= 0.6 is 0 Å². The van der Waals surface area contributed by atoms with Crippen LogP contribution in [0.25, 0.3) is 0 Å². The second kappa shape index (κ2) is 6.11. The van der Waals surface area contributed by atoms with Gasteiger partial charge >= 0.3 is 0 Å². The quantitative estimate of drug-likeness (QED) is 0.914. The molecule has 1 atom stereocenters. The first-order chi connectivity index (χ1) is 9.93. The third-order valence-corrected chi connectivity index (χ3v) is 3.79. The standard InChI is InChI=1S/C15H23N5O/c1-6-20-12(4)15(11(3)18-20)10(2)17-14(21)9-19-8-7-16-13(19)5/h7-8,10H,6,9H2,1-5H3,(H,17,21)/t10-/m0/s1. The first-order valence-corrected chi connectivity index (χ1v) is 7.25. The molecular weight excluding hydrogens is 266 g/mol. The highest BCUT2D eigenvalue weighted by molar-refractivity contribution is 5.76. The maximum Gasteiger partial charge on any atom is 0.240 e. The molecule has 0 bridgehead atoms. The Kier molecular flexibility index (Phi) is 4.45. The molecule has 114 valence electrons. The van der Waals surface area contributed by atoms with Crippen LogP contribution in [0.4, 0.5) is 0 Å². The zero-order valence-electron chi connectivity index (χ0n) is 13.3. The van der Waals surface area contributed by atoms with Crippen LogP contribution < -0.4 is 5.32 Å². The van der Waals surface area contributed by atoms with E-state index in [4.69, 9.17) is 0 Å². The van der Waals surface area contributed by atoms with Crippen molar-refractivity contribution in [2.45, 2.75) is 53.8 Å². The topological polar surface area (TPSA) is 64.7 Å². The normalized spacial score (nSPS) is 12.4. The molecule has 2 heterocycles. The van der Waals surface area contributed by atoms with Gasteiger partial charge in [0.15, 0.2) is 0 Å². The summed E-state index contributed by atoms with van der Waals surface area (Å²) in [6.07, 6.45) is 3.51. The average Bonchev–Trinajstić information content (AvgIpc) is 2.93. The number of nitrogens with zero attached hydrogens (tertiary/aromatic N) is 4. The number of amides is 1. The summed E-state index contributed by atoms with van der Waals surface area (Å²) in [5.41, 5.74) is 3.19. The van der Waals surface area contributed by atoms with Crippen LogP contribution in [0.5, 0.6) is 0 Å². The molecule has 0 unspecified atom stereocenters. The van der Waals surface area contributed by atoms with E-state index < -0.39 is 0 Å². The highest BCUT2D eigenvalue weighted by Gasteiger charge is 2.18. The van der Waals surface area contributed by atoms with E-state index in [1.807, 2.05) is 43.1 Å². The average molecular weight is 289 g/mol. The molecule has 1 N–H and O–H groups in total. The van der Waals surface area contributed by atoms with Crippen LogP contribution in [0.2, 0.25) is 0 Å². The minimum atomic E-state index is -0.0540. The number of aromatic nitrogens is 4. The Bertz CT molecular complexity index is 641. The Balaban J connectivity index is 2.08. The van der Waals surface area contributed by atoms with Crippen molar-refractivity contribution in [3.05, 3.63) is 35.2 Å². The fourth-order valence-electron chi connectivity index (χ4n) is 2.73. The van der Waals surface area contributed by atoms with Crippen molar-refractivity contribution in [3.63, 3.8) is 0 Å². The van der Waals surface area contributed by atoms with Crippen molar-refractivity contribution in [1.82, 2.24) is 24.6 Å². The number of nitrogens with one attached hydrogen (secondary N) is 1. The van der Waals surface area contributed by atoms with Gasteiger partial charge in [-0.05, 0) is 34.6 Å². The van der Waals surface area contributed by atoms with Crippen molar-refractivity contribution in [3.8, 4) is 0 Å². The summed E-state index contributed by atoms with van der Waals surface area (Å²) in [6.45, 7) is 11.1. The third-order valence-electron chi connectivity index (χ3n) is 3.79. The Hall–Kier alpha value is -2.11. The number of imidazole rings is 1. The SMILES string of the molecule is CCn1nc(C)c([C@H](C)NC(=O)Cn2ccnc2C)c1C. The van der Waals surface area contributed by atoms with Gasteiger partial charge in [0.05, 0.1) is 11.7 Å². The first-order valence-electron chi connectivity index (χ1n) is 7.25. The maximum absolute atomic E-state index is 12.2. The zero-order valence-corrected chi connectivity index (χ0v) is 13.3. The van der Waals surface area contributed by atoms with Crippen molar-refractivity contribution in [2.75, 3.05) is 0 Å². The molecule has 0 aliphatic carbocycles. The molecule has 2 aromatic rings. The van der Waals surface area contributed by atoms with Crippen LogP contribution in [0.15, 0.2) is 12.4 Å². The van der Waals surface area contributed by atoms with E-state index in [0.29, 0.717) is 0 Å². The summed E-state index contributed by atoms with van der Waals surface area (Å²) >= 11 is 0. The molecule has 6 heteroatoms. The van der Waals surface area contributed by atoms with E-state index >= 15 is 0 Å². The van der Waals surface area contributed by atoms with Crippen LogP contribution in [-0.2, 0) is 17.9 Å². The predicted octanol–water partition coefficient (Wildman–Crippen LogP) is 1.90. The number of rotatable bonds is 5. The largest absolute Gasteiger partial charge is 0.348 e. The fourth-order valence-corrected chi connectivity index (χ4v) is 2.73. The number of hydrogen-bond donors (Lipinski definition) is 1. The second-order valence-electron chi connectivity index (χ2n) is 5.29. The van der Waals surface area contributed by atoms with Gasteiger partial charge in [0, 0.05) is 30.2 Å². The van der Waals surface area contributed by atoms with Gasteiger partial charge in [0.2, 0.25) is 5.91 Å². The first kappa shape index (κ1) is 15.3. The fraction of sp³-hybridized carbons (Fsp3) is 0.533. The van der Waals surface area contributed by atoms with Gasteiger partial charge in [0.1, 0.15) is 12.4 Å². The Morgan fingerprint density at radius 2 is 2.10 bits per heavy atom. The van der Waals surface area contributed by atoms with Gasteiger partial charge in [-0.15, -0.1) is 0 Å². The second-order valence-corrected chi connectivity index (χ2v) is 5.29. The van der Waals surface area contributed by atoms with E-state index in [1.165, 1.54) is 0 Å². The molecule has 2 rings (SSSR count). The van der Waals surface area contributed by atoms with Crippen LogP contribution in [0, 0.1) is 20.8 Å². The van der Waals surface area contributed by atoms with Gasteiger partial charge in [-0.25, -0.2) is 4.98 Å². The van der Waals surface area contributed by atoms with Gasteiger partial charge in [-0.3, -0.25) is 9.48 Å². The van der Waals surface area contributed by atoms with E-state index in [9.17, 15) is 4.79 Å². The molecule has 6 nitrogen and oxygen atoms in total. The van der Waals surface area contributed by atoms with Gasteiger partial charge in [-0.1, -0.05) is 0 Å². The summed E-state index contributed by atoms with van der Waals surface area (Å²) in [5, 5.41) is 7.54. The number of hydrogen-bond acceptors (Lipinski definition) is 3. The number of carbonyl (C=O) groups excluding carboxylic acids is 1. The van der Waals surface area contributed by atoms with Gasteiger partial charge in [0.25, 0.3) is 0 Å².